The molecule has 0 unspecified atom stereocenters. The van der Waals surface area contributed by atoms with Gasteiger partial charge in [-0.1, -0.05) is 128 Å². The molecule has 0 saturated carbocycles. The number of benzene rings is 4. The molecule has 4 aromatic carbocycles. The standard InChI is InChI=1S/C30H24/c1-2-25(17-9-14-24-12-5-3-6-13-24)27-18-10-20-29(22-27)30-21-11-19-28(23-30)26-15-7-4-8-16-26/h2-23H,1H2/b14-9+,25-17+. The molecule has 0 bridgehead atoms. The van der Waals surface area contributed by atoms with Crippen LogP contribution in [0.2, 0.25) is 0 Å². The van der Waals surface area contributed by atoms with E-state index in [2.05, 4.69) is 110 Å². The fourth-order valence-corrected chi connectivity index (χ4v) is 3.50. The molecule has 0 amide bonds. The van der Waals surface area contributed by atoms with E-state index < -0.39 is 0 Å². The van der Waals surface area contributed by atoms with E-state index in [1.54, 1.807) is 0 Å². The van der Waals surface area contributed by atoms with Gasteiger partial charge in [0.2, 0.25) is 0 Å². The largest absolute Gasteiger partial charge is 0.0984 e. The van der Waals surface area contributed by atoms with Crippen LogP contribution in [0.3, 0.4) is 0 Å². The fourth-order valence-electron chi connectivity index (χ4n) is 3.50. The highest BCUT2D eigenvalue weighted by atomic mass is 14.1. The maximum absolute atomic E-state index is 4.02. The first-order valence-electron chi connectivity index (χ1n) is 10.2. The zero-order valence-electron chi connectivity index (χ0n) is 16.9. The van der Waals surface area contributed by atoms with Crippen LogP contribution in [0, 0.1) is 0 Å². The van der Waals surface area contributed by atoms with E-state index in [0.29, 0.717) is 0 Å². The van der Waals surface area contributed by atoms with Crippen LogP contribution in [-0.4, -0.2) is 0 Å². The van der Waals surface area contributed by atoms with E-state index in [1.807, 2.05) is 30.3 Å². The summed E-state index contributed by atoms with van der Waals surface area (Å²) in [7, 11) is 0. The second-order valence-electron chi connectivity index (χ2n) is 7.12. The van der Waals surface area contributed by atoms with Gasteiger partial charge < -0.3 is 0 Å². The molecular formula is C30H24. The molecule has 0 atom stereocenters. The van der Waals surface area contributed by atoms with Gasteiger partial charge in [0.05, 0.1) is 0 Å². The van der Waals surface area contributed by atoms with Crippen LogP contribution in [0.4, 0.5) is 0 Å². The molecule has 0 aromatic heterocycles. The van der Waals surface area contributed by atoms with Crippen LogP contribution in [0.5, 0.6) is 0 Å². The molecule has 0 aliphatic carbocycles. The van der Waals surface area contributed by atoms with Crippen molar-refractivity contribution in [1.82, 2.24) is 0 Å². The van der Waals surface area contributed by atoms with Gasteiger partial charge in [-0.25, -0.2) is 0 Å². The number of hydrogen-bond acceptors (Lipinski definition) is 0. The third-order valence-electron chi connectivity index (χ3n) is 5.08. The molecule has 0 heteroatoms. The van der Waals surface area contributed by atoms with Crippen molar-refractivity contribution in [2.75, 3.05) is 0 Å². The quantitative estimate of drug-likeness (QED) is 0.293. The molecule has 4 aromatic rings. The van der Waals surface area contributed by atoms with Crippen LogP contribution in [0.25, 0.3) is 33.9 Å². The van der Waals surface area contributed by atoms with Gasteiger partial charge in [-0.3, -0.25) is 0 Å². The molecule has 0 N–H and O–H groups in total. The smallest absolute Gasteiger partial charge is 0.0178 e. The molecule has 0 aliphatic rings. The number of rotatable bonds is 6. The van der Waals surface area contributed by atoms with Gasteiger partial charge >= 0.3 is 0 Å². The molecule has 0 fully saturated rings. The lowest BCUT2D eigenvalue weighted by Crippen LogP contribution is -1.85. The Hall–Kier alpha value is -3.90. The maximum atomic E-state index is 4.02. The zero-order valence-corrected chi connectivity index (χ0v) is 16.9. The molecule has 30 heavy (non-hydrogen) atoms. The monoisotopic (exact) mass is 384 g/mol. The summed E-state index contributed by atoms with van der Waals surface area (Å²) in [6.07, 6.45) is 8.21. The Labute approximate surface area is 179 Å². The normalized spacial score (nSPS) is 11.5. The highest BCUT2D eigenvalue weighted by Crippen LogP contribution is 2.28. The molecule has 0 saturated heterocycles. The average molecular weight is 385 g/mol. The SMILES string of the molecule is C=C/C(=C\C=C\c1ccccc1)c1cccc(-c2cccc(-c3ccccc3)c2)c1. The van der Waals surface area contributed by atoms with Gasteiger partial charge in [0, 0.05) is 0 Å². The zero-order chi connectivity index (χ0) is 20.6. The number of allylic oxidation sites excluding steroid dienone is 4. The van der Waals surface area contributed by atoms with E-state index in [4.69, 9.17) is 0 Å². The number of hydrogen-bond donors (Lipinski definition) is 0. The molecule has 0 aliphatic heterocycles. The van der Waals surface area contributed by atoms with Crippen molar-refractivity contribution in [2.45, 2.75) is 0 Å². The molecular weight excluding hydrogens is 360 g/mol. The van der Waals surface area contributed by atoms with E-state index in [-0.39, 0.29) is 0 Å². The van der Waals surface area contributed by atoms with Gasteiger partial charge in [-0.2, -0.15) is 0 Å². The van der Waals surface area contributed by atoms with Gasteiger partial charge in [0.25, 0.3) is 0 Å². The molecule has 0 spiro atoms. The Kier molecular flexibility index (Phi) is 6.17. The summed E-state index contributed by atoms with van der Waals surface area (Å²) in [5.41, 5.74) is 8.31. The highest BCUT2D eigenvalue weighted by molar-refractivity contribution is 5.80. The van der Waals surface area contributed by atoms with E-state index in [9.17, 15) is 0 Å². The van der Waals surface area contributed by atoms with E-state index >= 15 is 0 Å². The predicted molar refractivity (Wildman–Crippen MR) is 131 cm³/mol. The Balaban J connectivity index is 1.63. The Morgan fingerprint density at radius 2 is 1.13 bits per heavy atom. The van der Waals surface area contributed by atoms with Gasteiger partial charge in [0.15, 0.2) is 0 Å². The minimum Gasteiger partial charge on any atom is -0.0984 e. The molecule has 0 nitrogen and oxygen atoms in total. The molecule has 0 heterocycles. The minimum atomic E-state index is 1.10. The average Bonchev–Trinajstić information content (AvgIpc) is 2.83. The second kappa shape index (κ2) is 9.54. The van der Waals surface area contributed by atoms with Crippen molar-refractivity contribution in [3.05, 3.63) is 145 Å². The lowest BCUT2D eigenvalue weighted by Gasteiger charge is -2.09. The summed E-state index contributed by atoms with van der Waals surface area (Å²) in [4.78, 5) is 0. The molecule has 0 radical (unpaired) electrons. The summed E-state index contributed by atoms with van der Waals surface area (Å²) < 4.78 is 0. The van der Waals surface area contributed by atoms with E-state index in [1.165, 1.54) is 27.8 Å². The summed E-state index contributed by atoms with van der Waals surface area (Å²) in [6.45, 7) is 4.02. The predicted octanol–water partition coefficient (Wildman–Crippen LogP) is 8.30. The van der Waals surface area contributed by atoms with Crippen LogP contribution >= 0.6 is 0 Å². The Morgan fingerprint density at radius 3 is 1.83 bits per heavy atom. The third-order valence-corrected chi connectivity index (χ3v) is 5.08. The van der Waals surface area contributed by atoms with Crippen LogP contribution < -0.4 is 0 Å². The van der Waals surface area contributed by atoms with Gasteiger partial charge in [-0.05, 0) is 51.1 Å². The molecule has 4 rings (SSSR count). The minimum absolute atomic E-state index is 1.10. The van der Waals surface area contributed by atoms with Crippen molar-refractivity contribution in [3.8, 4) is 22.3 Å². The third kappa shape index (κ3) is 4.74. The van der Waals surface area contributed by atoms with E-state index in [0.717, 1.165) is 11.1 Å². The van der Waals surface area contributed by atoms with Crippen LogP contribution in [0.1, 0.15) is 11.1 Å². The Morgan fingerprint density at radius 1 is 0.567 bits per heavy atom. The summed E-state index contributed by atoms with van der Waals surface area (Å²) >= 11 is 0. The first-order chi connectivity index (χ1) is 14.8. The first kappa shape index (κ1) is 19.4. The lowest BCUT2D eigenvalue weighted by molar-refractivity contribution is 1.56. The second-order valence-corrected chi connectivity index (χ2v) is 7.12. The summed E-state index contributed by atoms with van der Waals surface area (Å²) in [5, 5.41) is 0. The van der Waals surface area contributed by atoms with Gasteiger partial charge in [0.1, 0.15) is 0 Å². The Bertz CT molecular complexity index is 1180. The van der Waals surface area contributed by atoms with Crippen molar-refractivity contribution in [3.63, 3.8) is 0 Å². The first-order valence-corrected chi connectivity index (χ1v) is 10.2. The van der Waals surface area contributed by atoms with Crippen LogP contribution in [0.15, 0.2) is 134 Å². The van der Waals surface area contributed by atoms with Crippen molar-refractivity contribution < 1.29 is 0 Å². The highest BCUT2D eigenvalue weighted by Gasteiger charge is 2.04. The van der Waals surface area contributed by atoms with Crippen molar-refractivity contribution in [2.24, 2.45) is 0 Å². The summed E-state index contributed by atoms with van der Waals surface area (Å²) in [5.74, 6) is 0. The lowest BCUT2D eigenvalue weighted by atomic mass is 9.96. The summed E-state index contributed by atoms with van der Waals surface area (Å²) in [6, 6.07) is 38.1. The van der Waals surface area contributed by atoms with Crippen molar-refractivity contribution >= 4 is 11.6 Å². The van der Waals surface area contributed by atoms with Crippen molar-refractivity contribution in [1.29, 1.82) is 0 Å². The van der Waals surface area contributed by atoms with Crippen LogP contribution in [-0.2, 0) is 0 Å². The fraction of sp³-hybridized carbons (Fsp3) is 0. The topological polar surface area (TPSA) is 0 Å². The van der Waals surface area contributed by atoms with Gasteiger partial charge in [-0.15, -0.1) is 0 Å². The molecule has 144 valence electrons. The maximum Gasteiger partial charge on any atom is -0.0178 e.